The summed E-state index contributed by atoms with van der Waals surface area (Å²) in [6, 6.07) is 15.3. The van der Waals surface area contributed by atoms with E-state index in [1.807, 2.05) is 49.9 Å². The lowest BCUT2D eigenvalue weighted by Crippen LogP contribution is -2.65. The minimum absolute atomic E-state index is 0.0402. The van der Waals surface area contributed by atoms with Crippen molar-refractivity contribution in [3.63, 3.8) is 0 Å². The van der Waals surface area contributed by atoms with E-state index in [0.717, 1.165) is 35.7 Å². The highest BCUT2D eigenvalue weighted by Crippen LogP contribution is 2.52. The van der Waals surface area contributed by atoms with Crippen LogP contribution in [0.1, 0.15) is 66.8 Å². The molecule has 0 bridgehead atoms. The first-order valence-corrected chi connectivity index (χ1v) is 18.6. The van der Waals surface area contributed by atoms with E-state index in [1.165, 1.54) is 12.1 Å². The van der Waals surface area contributed by atoms with E-state index in [4.69, 9.17) is 25.8 Å². The van der Waals surface area contributed by atoms with E-state index in [1.54, 1.807) is 11.1 Å². The van der Waals surface area contributed by atoms with E-state index < -0.39 is 18.8 Å². The second kappa shape index (κ2) is 16.1. The van der Waals surface area contributed by atoms with Crippen LogP contribution < -0.4 is 14.4 Å². The Morgan fingerprint density at radius 2 is 1.85 bits per heavy atom. The number of ether oxygens (including phenoxy) is 3. The molecule has 2 aliphatic heterocycles. The predicted molar refractivity (Wildman–Crippen MR) is 196 cm³/mol. The summed E-state index contributed by atoms with van der Waals surface area (Å²) < 4.78 is 58.9. The molecule has 286 valence electrons. The van der Waals surface area contributed by atoms with Gasteiger partial charge in [-0.15, -0.1) is 10.2 Å². The third kappa shape index (κ3) is 8.10. The van der Waals surface area contributed by atoms with Crippen molar-refractivity contribution in [1.29, 1.82) is 0 Å². The highest BCUT2D eigenvalue weighted by Gasteiger charge is 2.55. The molecular weight excluding hydrogens is 723 g/mol. The van der Waals surface area contributed by atoms with Crippen LogP contribution in [0.25, 0.3) is 0 Å². The number of benzene rings is 2. The predicted octanol–water partition coefficient (Wildman–Crippen LogP) is 7.15. The van der Waals surface area contributed by atoms with Crippen LogP contribution in [-0.4, -0.2) is 93.8 Å². The van der Waals surface area contributed by atoms with Gasteiger partial charge in [0.25, 0.3) is 18.2 Å². The van der Waals surface area contributed by atoms with Crippen LogP contribution in [0, 0.1) is 11.2 Å². The van der Waals surface area contributed by atoms with Gasteiger partial charge in [0.05, 0.1) is 23.9 Å². The SMILES string of the molecule is CCN(C(=O)c1cc(F)ccc1Oc1nnc(Cl)nc1N1CC2(CC(Oc3ccnc4c3C(COCC(F)F)N(Cc3ccccc3)CC4)C2)C1)C(C)C. The molecule has 1 saturated heterocycles. The second-order valence-electron chi connectivity index (χ2n) is 14.5. The largest absolute Gasteiger partial charge is 0.490 e. The number of nitrogens with zero attached hydrogens (tertiary/aromatic N) is 7. The molecule has 15 heteroatoms. The van der Waals surface area contributed by atoms with Crippen LogP contribution in [0.15, 0.2) is 60.8 Å². The Morgan fingerprint density at radius 3 is 2.57 bits per heavy atom. The molecule has 2 aromatic heterocycles. The minimum Gasteiger partial charge on any atom is -0.490 e. The van der Waals surface area contributed by atoms with Gasteiger partial charge in [0.2, 0.25) is 5.28 Å². The van der Waals surface area contributed by atoms with Crippen molar-refractivity contribution in [3.8, 4) is 17.4 Å². The number of anilines is 1. The second-order valence-corrected chi connectivity index (χ2v) is 14.8. The molecule has 54 heavy (non-hydrogen) atoms. The molecule has 1 aliphatic carbocycles. The summed E-state index contributed by atoms with van der Waals surface area (Å²) in [7, 11) is 0. The summed E-state index contributed by atoms with van der Waals surface area (Å²) in [6.45, 7) is 8.15. The molecule has 1 atom stereocenters. The summed E-state index contributed by atoms with van der Waals surface area (Å²) in [5, 5.41) is 7.98. The molecule has 3 aliphatic rings. The van der Waals surface area contributed by atoms with Gasteiger partial charge in [-0.25, -0.2) is 13.2 Å². The van der Waals surface area contributed by atoms with Crippen molar-refractivity contribution in [2.75, 3.05) is 44.3 Å². The standard InChI is InChI=1S/C39H43ClF3N7O4/c1-4-50(24(2)3)37(51)28-16-26(41)10-11-31(28)54-36-35(45-38(40)47-46-36)49-22-39(23-49)17-27(18-39)53-32-12-14-44-29-13-15-48(19-25-8-6-5-7-9-25)30(34(29)32)20-52-21-33(42)43/h5-12,14,16,24,27,30,33H,4,13,15,17-23H2,1-3H3. The number of hydrogen-bond acceptors (Lipinski definition) is 10. The normalized spacial score (nSPS) is 18.0. The Balaban J connectivity index is 1.04. The number of hydrogen-bond donors (Lipinski definition) is 0. The molecule has 1 saturated carbocycles. The van der Waals surface area contributed by atoms with Gasteiger partial charge in [-0.3, -0.25) is 14.7 Å². The fourth-order valence-electron chi connectivity index (χ4n) is 7.87. The summed E-state index contributed by atoms with van der Waals surface area (Å²) in [5.74, 6) is 0.327. The molecule has 2 aromatic carbocycles. The van der Waals surface area contributed by atoms with Crippen molar-refractivity contribution in [3.05, 3.63) is 94.3 Å². The maximum absolute atomic E-state index is 14.4. The minimum atomic E-state index is -2.56. The van der Waals surface area contributed by atoms with Gasteiger partial charge >= 0.3 is 0 Å². The highest BCUT2D eigenvalue weighted by atomic mass is 35.5. The number of halogens is 4. The van der Waals surface area contributed by atoms with E-state index in [0.29, 0.717) is 50.7 Å². The molecule has 7 rings (SSSR count). The quantitative estimate of drug-likeness (QED) is 0.131. The molecule has 1 spiro atoms. The number of fused-ring (bicyclic) bond motifs is 1. The molecule has 4 heterocycles. The third-order valence-electron chi connectivity index (χ3n) is 10.4. The lowest BCUT2D eigenvalue weighted by molar-refractivity contribution is -0.0379. The molecule has 0 radical (unpaired) electrons. The maximum Gasteiger partial charge on any atom is 0.282 e. The monoisotopic (exact) mass is 765 g/mol. The molecule has 2 fully saturated rings. The zero-order valence-electron chi connectivity index (χ0n) is 30.4. The van der Waals surface area contributed by atoms with E-state index in [9.17, 15) is 18.0 Å². The third-order valence-corrected chi connectivity index (χ3v) is 10.5. The van der Waals surface area contributed by atoms with Crippen molar-refractivity contribution in [1.82, 2.24) is 30.0 Å². The van der Waals surface area contributed by atoms with Gasteiger partial charge in [-0.2, -0.15) is 4.98 Å². The molecular formula is C39H43ClF3N7O4. The average molecular weight is 766 g/mol. The van der Waals surface area contributed by atoms with Crippen molar-refractivity contribution in [2.45, 2.75) is 71.2 Å². The zero-order valence-corrected chi connectivity index (χ0v) is 31.2. The fourth-order valence-corrected chi connectivity index (χ4v) is 7.99. The van der Waals surface area contributed by atoms with Gasteiger partial charge < -0.3 is 24.0 Å². The van der Waals surface area contributed by atoms with Crippen molar-refractivity contribution in [2.24, 2.45) is 5.41 Å². The topological polar surface area (TPSA) is 106 Å². The fraction of sp³-hybridized carbons (Fsp3) is 0.462. The van der Waals surface area contributed by atoms with Gasteiger partial charge in [-0.05, 0) is 75.0 Å². The Labute approximate surface area is 317 Å². The summed E-state index contributed by atoms with van der Waals surface area (Å²) in [5.41, 5.74) is 2.93. The number of carbonyl (C=O) groups is 1. The summed E-state index contributed by atoms with van der Waals surface area (Å²) >= 11 is 6.20. The Hall–Kier alpha value is -4.53. The van der Waals surface area contributed by atoms with Gasteiger partial charge in [0, 0.05) is 62.4 Å². The Morgan fingerprint density at radius 1 is 1.07 bits per heavy atom. The van der Waals surface area contributed by atoms with E-state index in [-0.39, 0.29) is 58.6 Å². The molecule has 0 N–H and O–H groups in total. The van der Waals surface area contributed by atoms with Crippen molar-refractivity contribution < 1.29 is 32.2 Å². The first-order chi connectivity index (χ1) is 26.0. The number of amides is 1. The maximum atomic E-state index is 14.4. The molecule has 11 nitrogen and oxygen atoms in total. The van der Waals surface area contributed by atoms with E-state index >= 15 is 0 Å². The van der Waals surface area contributed by atoms with Crippen LogP contribution in [0.4, 0.5) is 19.0 Å². The van der Waals surface area contributed by atoms with Crippen LogP contribution in [0.3, 0.4) is 0 Å². The summed E-state index contributed by atoms with van der Waals surface area (Å²) in [4.78, 5) is 28.4. The van der Waals surface area contributed by atoms with Crippen molar-refractivity contribution >= 4 is 23.3 Å². The molecule has 4 aromatic rings. The van der Waals surface area contributed by atoms with Crippen LogP contribution >= 0.6 is 11.6 Å². The number of pyridine rings is 1. The van der Waals surface area contributed by atoms with E-state index in [2.05, 4.69) is 37.2 Å². The Kier molecular flexibility index (Phi) is 11.2. The smallest absolute Gasteiger partial charge is 0.282 e. The lowest BCUT2D eigenvalue weighted by atomic mass is 9.61. The van der Waals surface area contributed by atoms with Crippen LogP contribution in [0.2, 0.25) is 5.28 Å². The Bertz CT molecular complexity index is 1950. The number of carbonyl (C=O) groups excluding carboxylic acids is 1. The molecule has 1 unspecified atom stereocenters. The zero-order chi connectivity index (χ0) is 38.0. The van der Waals surface area contributed by atoms with Gasteiger partial charge in [0.1, 0.15) is 30.0 Å². The molecule has 1 amide bonds. The van der Waals surface area contributed by atoms with Gasteiger partial charge in [0.15, 0.2) is 5.82 Å². The highest BCUT2D eigenvalue weighted by molar-refractivity contribution is 6.28. The van der Waals surface area contributed by atoms with Crippen LogP contribution in [-0.2, 0) is 17.7 Å². The summed E-state index contributed by atoms with van der Waals surface area (Å²) in [6.07, 6.45) is 1.38. The number of aromatic nitrogens is 4. The number of alkyl halides is 2. The first kappa shape index (κ1) is 37.8. The number of rotatable bonds is 14. The first-order valence-electron chi connectivity index (χ1n) is 18.2. The average Bonchev–Trinajstić information content (AvgIpc) is 3.11. The lowest BCUT2D eigenvalue weighted by Gasteiger charge is -2.58. The van der Waals surface area contributed by atoms with Gasteiger partial charge in [-0.1, -0.05) is 30.3 Å². The van der Waals surface area contributed by atoms with Crippen LogP contribution in [0.5, 0.6) is 17.4 Å².